The van der Waals surface area contributed by atoms with E-state index in [-0.39, 0.29) is 23.7 Å². The van der Waals surface area contributed by atoms with E-state index in [0.717, 1.165) is 17.5 Å². The molecule has 0 spiro atoms. The molecule has 0 saturated carbocycles. The van der Waals surface area contributed by atoms with Crippen LogP contribution in [0, 0.1) is 0 Å². The Morgan fingerprint density at radius 1 is 1.37 bits per heavy atom. The summed E-state index contributed by atoms with van der Waals surface area (Å²) < 4.78 is 18.0. The average molecular weight is 376 g/mol. The summed E-state index contributed by atoms with van der Waals surface area (Å²) in [5.74, 6) is 1.30. The molecule has 0 saturated heterocycles. The number of fused-ring (bicyclic) bond motifs is 2. The van der Waals surface area contributed by atoms with Gasteiger partial charge in [-0.05, 0) is 26.2 Å². The Kier molecular flexibility index (Phi) is 5.23. The van der Waals surface area contributed by atoms with Crippen molar-refractivity contribution in [3.05, 3.63) is 33.2 Å². The number of hydrogen-bond donors (Lipinski definition) is 2. The molecule has 0 aliphatic carbocycles. The zero-order chi connectivity index (χ0) is 19.9. The third-order valence-electron chi connectivity index (χ3n) is 4.88. The van der Waals surface area contributed by atoms with Gasteiger partial charge < -0.3 is 24.1 Å². The lowest BCUT2D eigenvalue weighted by atomic mass is 9.92. The highest BCUT2D eigenvalue weighted by molar-refractivity contribution is 5.91. The molecule has 2 N–H and O–H groups in total. The van der Waals surface area contributed by atoms with Crippen molar-refractivity contribution in [3.8, 4) is 11.5 Å². The lowest BCUT2D eigenvalue weighted by Crippen LogP contribution is -2.39. The highest BCUT2D eigenvalue weighted by atomic mass is 16.5. The normalized spacial score (nSPS) is 16.7. The number of ether oxygens (including phenoxy) is 2. The zero-order valence-corrected chi connectivity index (χ0v) is 16.6. The van der Waals surface area contributed by atoms with Crippen LogP contribution in [0.15, 0.2) is 15.3 Å². The van der Waals surface area contributed by atoms with Crippen molar-refractivity contribution >= 4 is 11.0 Å². The van der Waals surface area contributed by atoms with Gasteiger partial charge >= 0.3 is 0 Å². The topological polar surface area (TPSA) is 89.1 Å². The van der Waals surface area contributed by atoms with E-state index < -0.39 is 11.7 Å². The molecule has 0 amide bonds. The first-order chi connectivity index (χ1) is 12.7. The molecule has 1 aromatic carbocycles. The second kappa shape index (κ2) is 7.17. The maximum Gasteiger partial charge on any atom is 0.196 e. The van der Waals surface area contributed by atoms with Crippen molar-refractivity contribution in [1.29, 1.82) is 0 Å². The van der Waals surface area contributed by atoms with Crippen LogP contribution in [0.25, 0.3) is 11.0 Å². The van der Waals surface area contributed by atoms with Gasteiger partial charge in [-0.2, -0.15) is 0 Å². The molecule has 1 atom stereocenters. The van der Waals surface area contributed by atoms with Crippen molar-refractivity contribution in [2.45, 2.75) is 71.7 Å². The fourth-order valence-electron chi connectivity index (χ4n) is 3.52. The molecular weight excluding hydrogens is 348 g/mol. The highest BCUT2D eigenvalue weighted by Crippen LogP contribution is 2.48. The second-order valence-corrected chi connectivity index (χ2v) is 7.96. The molecule has 0 fully saturated rings. The third kappa shape index (κ3) is 3.44. The monoisotopic (exact) mass is 376 g/mol. The van der Waals surface area contributed by atoms with Crippen LogP contribution in [0.1, 0.15) is 63.8 Å². The van der Waals surface area contributed by atoms with Crippen molar-refractivity contribution in [2.75, 3.05) is 6.61 Å². The van der Waals surface area contributed by atoms with Crippen molar-refractivity contribution in [2.24, 2.45) is 0 Å². The molecule has 6 nitrogen and oxygen atoms in total. The van der Waals surface area contributed by atoms with Crippen LogP contribution in [0.2, 0.25) is 0 Å². The summed E-state index contributed by atoms with van der Waals surface area (Å²) in [4.78, 5) is 12.9. The lowest BCUT2D eigenvalue weighted by molar-refractivity contribution is -0.0233. The zero-order valence-electron chi connectivity index (χ0n) is 16.6. The highest BCUT2D eigenvalue weighted by Gasteiger charge is 2.40. The first-order valence-corrected chi connectivity index (χ1v) is 9.47. The smallest absolute Gasteiger partial charge is 0.196 e. The van der Waals surface area contributed by atoms with E-state index in [2.05, 4.69) is 0 Å². The summed E-state index contributed by atoms with van der Waals surface area (Å²) in [5.41, 5.74) is 0.666. The standard InChI is InChI=1S/C21H28O6/c1-6-7-25-18-13-9-15(21(4,5)24)27-19(13)16(11(2)3)20-17(18)14(23)8-12(10-22)26-20/h8,11,15,22,24H,6-7,9-10H2,1-5H3/t15-/m0/s1. The molecule has 1 aliphatic heterocycles. The quantitative estimate of drug-likeness (QED) is 0.804. The van der Waals surface area contributed by atoms with Gasteiger partial charge in [0.25, 0.3) is 0 Å². The lowest BCUT2D eigenvalue weighted by Gasteiger charge is -2.25. The van der Waals surface area contributed by atoms with Gasteiger partial charge in [-0.25, -0.2) is 0 Å². The van der Waals surface area contributed by atoms with Gasteiger partial charge in [-0.1, -0.05) is 20.8 Å². The maximum absolute atomic E-state index is 12.9. The minimum absolute atomic E-state index is 0.0131. The van der Waals surface area contributed by atoms with Gasteiger partial charge in [0.2, 0.25) is 0 Å². The van der Waals surface area contributed by atoms with Gasteiger partial charge in [-0.15, -0.1) is 0 Å². The molecule has 148 valence electrons. The van der Waals surface area contributed by atoms with E-state index in [1.807, 2.05) is 20.8 Å². The predicted molar refractivity (Wildman–Crippen MR) is 103 cm³/mol. The second-order valence-electron chi connectivity index (χ2n) is 7.96. The largest absolute Gasteiger partial charge is 0.492 e. The first-order valence-electron chi connectivity index (χ1n) is 9.47. The molecule has 0 unspecified atom stereocenters. The number of aliphatic hydroxyl groups is 2. The summed E-state index contributed by atoms with van der Waals surface area (Å²) in [5, 5.41) is 20.3. The molecule has 3 rings (SSSR count). The van der Waals surface area contributed by atoms with E-state index in [1.54, 1.807) is 13.8 Å². The Labute approximate surface area is 158 Å². The van der Waals surface area contributed by atoms with Gasteiger partial charge in [0.15, 0.2) is 5.43 Å². The van der Waals surface area contributed by atoms with E-state index in [0.29, 0.717) is 35.5 Å². The molecule has 0 bridgehead atoms. The van der Waals surface area contributed by atoms with Gasteiger partial charge in [0, 0.05) is 23.6 Å². The van der Waals surface area contributed by atoms with Gasteiger partial charge in [-0.3, -0.25) is 4.79 Å². The van der Waals surface area contributed by atoms with Crippen LogP contribution in [-0.4, -0.2) is 28.5 Å². The van der Waals surface area contributed by atoms with Crippen LogP contribution in [0.3, 0.4) is 0 Å². The summed E-state index contributed by atoms with van der Waals surface area (Å²) in [6.45, 7) is 9.49. The van der Waals surface area contributed by atoms with Crippen LogP contribution in [-0.2, 0) is 13.0 Å². The number of rotatable bonds is 6. The van der Waals surface area contributed by atoms with Crippen molar-refractivity contribution in [1.82, 2.24) is 0 Å². The maximum atomic E-state index is 12.9. The molecule has 1 aliphatic rings. The summed E-state index contributed by atoms with van der Waals surface area (Å²) >= 11 is 0. The van der Waals surface area contributed by atoms with Gasteiger partial charge in [0.05, 0.1) is 12.2 Å². The number of benzene rings is 1. The van der Waals surface area contributed by atoms with Crippen LogP contribution < -0.4 is 14.9 Å². The van der Waals surface area contributed by atoms with E-state index in [4.69, 9.17) is 13.9 Å². The molecule has 1 aromatic heterocycles. The number of hydrogen-bond acceptors (Lipinski definition) is 6. The van der Waals surface area contributed by atoms with Crippen LogP contribution in [0.4, 0.5) is 0 Å². The van der Waals surface area contributed by atoms with Crippen LogP contribution >= 0.6 is 0 Å². The summed E-state index contributed by atoms with van der Waals surface area (Å²) in [6.07, 6.45) is 0.797. The Bertz CT molecular complexity index is 904. The first kappa shape index (κ1) is 19.7. The van der Waals surface area contributed by atoms with Crippen molar-refractivity contribution < 1.29 is 24.1 Å². The summed E-state index contributed by atoms with van der Waals surface area (Å²) in [7, 11) is 0. The minimum atomic E-state index is -1.05. The number of aliphatic hydroxyl groups excluding tert-OH is 1. The van der Waals surface area contributed by atoms with Gasteiger partial charge in [0.1, 0.15) is 40.9 Å². The predicted octanol–water partition coefficient (Wildman–Crippen LogP) is 3.27. The van der Waals surface area contributed by atoms with E-state index in [9.17, 15) is 15.0 Å². The fourth-order valence-corrected chi connectivity index (χ4v) is 3.52. The molecular formula is C21H28O6. The van der Waals surface area contributed by atoms with E-state index >= 15 is 0 Å². The molecule has 2 heterocycles. The summed E-state index contributed by atoms with van der Waals surface area (Å²) in [6, 6.07) is 1.31. The molecule has 0 radical (unpaired) electrons. The third-order valence-corrected chi connectivity index (χ3v) is 4.88. The van der Waals surface area contributed by atoms with Crippen LogP contribution in [0.5, 0.6) is 11.5 Å². The van der Waals surface area contributed by atoms with Crippen molar-refractivity contribution in [3.63, 3.8) is 0 Å². The molecule has 27 heavy (non-hydrogen) atoms. The SMILES string of the molecule is CCCOc1c2c(c(C(C)C)c3oc(CO)cc(=O)c13)O[C@H](C(C)(C)O)C2. The van der Waals surface area contributed by atoms with E-state index in [1.165, 1.54) is 6.07 Å². The molecule has 6 heteroatoms. The minimum Gasteiger partial charge on any atom is -0.492 e. The Balaban J connectivity index is 2.38. The fraction of sp³-hybridized carbons (Fsp3) is 0.571. The molecule has 2 aromatic rings. The Morgan fingerprint density at radius 3 is 2.63 bits per heavy atom. The Hall–Kier alpha value is -2.05. The average Bonchev–Trinajstić information content (AvgIpc) is 3.03. The Morgan fingerprint density at radius 2 is 2.07 bits per heavy atom.